The predicted octanol–water partition coefficient (Wildman–Crippen LogP) is 4.36. The summed E-state index contributed by atoms with van der Waals surface area (Å²) in [6.07, 6.45) is 1.94. The van der Waals surface area contributed by atoms with Crippen LogP contribution < -0.4 is 10.6 Å². The van der Waals surface area contributed by atoms with Gasteiger partial charge in [-0.2, -0.15) is 0 Å². The summed E-state index contributed by atoms with van der Waals surface area (Å²) >= 11 is 9.14. The Labute approximate surface area is 147 Å². The lowest BCUT2D eigenvalue weighted by atomic mass is 10.2. The minimum atomic E-state index is -0.277. The lowest BCUT2D eigenvalue weighted by Gasteiger charge is -2.17. The van der Waals surface area contributed by atoms with Crippen LogP contribution in [-0.4, -0.2) is 23.8 Å². The average molecular weight is 365 g/mol. The van der Waals surface area contributed by atoms with Gasteiger partial charge in [-0.3, -0.25) is 9.59 Å². The molecule has 2 aromatic carbocycles. The Hall–Kier alpha value is -1.63. The van der Waals surface area contributed by atoms with Crippen LogP contribution in [0.1, 0.15) is 10.4 Å². The maximum Gasteiger partial charge on any atom is 0.257 e. The Morgan fingerprint density at radius 2 is 2.13 bits per heavy atom. The molecule has 1 aliphatic heterocycles. The van der Waals surface area contributed by atoms with E-state index in [1.807, 2.05) is 24.5 Å². The van der Waals surface area contributed by atoms with Crippen LogP contribution in [-0.2, 0) is 4.79 Å². The molecule has 0 fully saturated rings. The molecule has 0 aromatic heterocycles. The fourth-order valence-electron chi connectivity index (χ4n) is 2.16. The summed E-state index contributed by atoms with van der Waals surface area (Å²) in [5.41, 5.74) is 1.75. The molecular formula is C16H13ClN2O2S2. The number of nitrogens with one attached hydrogen (secondary N) is 2. The van der Waals surface area contributed by atoms with Gasteiger partial charge in [0.2, 0.25) is 5.91 Å². The number of carbonyl (C=O) groups excluding carboxylic acids is 2. The van der Waals surface area contributed by atoms with Gasteiger partial charge in [-0.25, -0.2) is 0 Å². The van der Waals surface area contributed by atoms with Gasteiger partial charge in [-0.15, -0.1) is 23.5 Å². The molecular weight excluding hydrogens is 352 g/mol. The van der Waals surface area contributed by atoms with Crippen molar-refractivity contribution in [3.63, 3.8) is 0 Å². The SMILES string of the molecule is CSc1ccc(Cl)c(C(=O)Nc2ccc3c(c2)NC(=O)CS3)c1. The van der Waals surface area contributed by atoms with Gasteiger partial charge >= 0.3 is 0 Å². The maximum atomic E-state index is 12.4. The zero-order valence-electron chi connectivity index (χ0n) is 12.2. The van der Waals surface area contributed by atoms with Crippen molar-refractivity contribution in [1.29, 1.82) is 0 Å². The molecule has 0 unspecified atom stereocenters. The van der Waals surface area contributed by atoms with Crippen molar-refractivity contribution in [3.8, 4) is 0 Å². The molecule has 3 rings (SSSR count). The number of benzene rings is 2. The Kier molecular flexibility index (Phi) is 4.84. The smallest absolute Gasteiger partial charge is 0.257 e. The summed E-state index contributed by atoms with van der Waals surface area (Å²) in [4.78, 5) is 25.9. The van der Waals surface area contributed by atoms with E-state index >= 15 is 0 Å². The highest BCUT2D eigenvalue weighted by molar-refractivity contribution is 8.00. The highest BCUT2D eigenvalue weighted by atomic mass is 35.5. The molecule has 2 N–H and O–H groups in total. The lowest BCUT2D eigenvalue weighted by Crippen LogP contribution is -2.19. The van der Waals surface area contributed by atoms with Crippen molar-refractivity contribution in [3.05, 3.63) is 47.0 Å². The zero-order valence-corrected chi connectivity index (χ0v) is 14.6. The first kappa shape index (κ1) is 16.2. The number of carbonyl (C=O) groups is 2. The van der Waals surface area contributed by atoms with Gasteiger partial charge < -0.3 is 10.6 Å². The van der Waals surface area contributed by atoms with Crippen molar-refractivity contribution in [1.82, 2.24) is 0 Å². The molecule has 7 heteroatoms. The minimum absolute atomic E-state index is 0.0401. The highest BCUT2D eigenvalue weighted by Crippen LogP contribution is 2.33. The molecule has 0 radical (unpaired) electrons. The number of hydrogen-bond acceptors (Lipinski definition) is 4. The number of thioether (sulfide) groups is 2. The summed E-state index contributed by atoms with van der Waals surface area (Å²) in [7, 11) is 0. The third kappa shape index (κ3) is 3.65. The third-order valence-corrected chi connectivity index (χ3v) is 5.42. The van der Waals surface area contributed by atoms with E-state index < -0.39 is 0 Å². The fraction of sp³-hybridized carbons (Fsp3) is 0.125. The van der Waals surface area contributed by atoms with Crippen LogP contribution in [0.25, 0.3) is 0 Å². The number of halogens is 1. The summed E-state index contributed by atoms with van der Waals surface area (Å²) in [5.74, 6) is 0.0952. The Morgan fingerprint density at radius 1 is 1.30 bits per heavy atom. The number of amides is 2. The molecule has 2 aromatic rings. The van der Waals surface area contributed by atoms with E-state index in [1.165, 1.54) is 11.8 Å². The Morgan fingerprint density at radius 3 is 2.91 bits per heavy atom. The first-order valence-corrected chi connectivity index (χ1v) is 9.37. The first-order valence-electron chi connectivity index (χ1n) is 6.78. The van der Waals surface area contributed by atoms with Crippen molar-refractivity contribution in [2.75, 3.05) is 22.6 Å². The summed E-state index contributed by atoms with van der Waals surface area (Å²) in [5, 5.41) is 6.03. The normalized spacial score (nSPS) is 13.2. The lowest BCUT2D eigenvalue weighted by molar-refractivity contribution is -0.113. The zero-order chi connectivity index (χ0) is 16.4. The molecule has 1 heterocycles. The van der Waals surface area contributed by atoms with Gasteiger partial charge in [-0.05, 0) is 42.7 Å². The molecule has 0 bridgehead atoms. The van der Waals surface area contributed by atoms with Crippen LogP contribution in [0.15, 0.2) is 46.2 Å². The molecule has 0 saturated carbocycles. The summed E-state index contributed by atoms with van der Waals surface area (Å²) in [6, 6.07) is 10.8. The van der Waals surface area contributed by atoms with Crippen LogP contribution in [0.5, 0.6) is 0 Å². The van der Waals surface area contributed by atoms with Crippen molar-refractivity contribution in [2.24, 2.45) is 0 Å². The summed E-state index contributed by atoms with van der Waals surface area (Å²) < 4.78 is 0. The second-order valence-corrected chi connectivity index (χ2v) is 7.15. The molecule has 1 aliphatic rings. The van der Waals surface area contributed by atoms with Gasteiger partial charge in [0, 0.05) is 15.5 Å². The molecule has 0 atom stereocenters. The van der Waals surface area contributed by atoms with E-state index in [0.29, 0.717) is 27.7 Å². The maximum absolute atomic E-state index is 12.4. The minimum Gasteiger partial charge on any atom is -0.324 e. The Balaban J connectivity index is 1.83. The van der Waals surface area contributed by atoms with E-state index in [0.717, 1.165) is 9.79 Å². The van der Waals surface area contributed by atoms with E-state index in [2.05, 4.69) is 10.6 Å². The van der Waals surface area contributed by atoms with Gasteiger partial charge in [0.25, 0.3) is 5.91 Å². The quantitative estimate of drug-likeness (QED) is 0.794. The second-order valence-electron chi connectivity index (χ2n) is 4.85. The van der Waals surface area contributed by atoms with Crippen LogP contribution in [0, 0.1) is 0 Å². The molecule has 0 aliphatic carbocycles. The number of anilines is 2. The van der Waals surface area contributed by atoms with E-state index in [1.54, 1.807) is 30.0 Å². The van der Waals surface area contributed by atoms with Crippen LogP contribution in [0.4, 0.5) is 11.4 Å². The molecule has 0 saturated heterocycles. The standard InChI is InChI=1S/C16H13ClN2O2S2/c1-22-10-3-4-12(17)11(7-10)16(21)18-9-2-5-14-13(6-9)19-15(20)8-23-14/h2-7H,8H2,1H3,(H,18,21)(H,19,20). The van der Waals surface area contributed by atoms with Crippen LogP contribution in [0.2, 0.25) is 5.02 Å². The number of hydrogen-bond donors (Lipinski definition) is 2. The second kappa shape index (κ2) is 6.86. The fourth-order valence-corrected chi connectivity index (χ4v) is 3.60. The molecule has 118 valence electrons. The molecule has 4 nitrogen and oxygen atoms in total. The highest BCUT2D eigenvalue weighted by Gasteiger charge is 2.17. The first-order chi connectivity index (χ1) is 11.1. The van der Waals surface area contributed by atoms with Crippen LogP contribution >= 0.6 is 35.1 Å². The monoisotopic (exact) mass is 364 g/mol. The van der Waals surface area contributed by atoms with E-state index in [-0.39, 0.29) is 11.8 Å². The van der Waals surface area contributed by atoms with E-state index in [9.17, 15) is 9.59 Å². The molecule has 0 spiro atoms. The van der Waals surface area contributed by atoms with Crippen LogP contribution in [0.3, 0.4) is 0 Å². The van der Waals surface area contributed by atoms with Crippen molar-refractivity contribution in [2.45, 2.75) is 9.79 Å². The average Bonchev–Trinajstić information content (AvgIpc) is 2.54. The predicted molar refractivity (Wildman–Crippen MR) is 97.0 cm³/mol. The topological polar surface area (TPSA) is 58.2 Å². The molecule has 2 amide bonds. The van der Waals surface area contributed by atoms with E-state index in [4.69, 9.17) is 11.6 Å². The van der Waals surface area contributed by atoms with Gasteiger partial charge in [0.05, 0.1) is 22.0 Å². The van der Waals surface area contributed by atoms with Gasteiger partial charge in [0.1, 0.15) is 0 Å². The summed E-state index contributed by atoms with van der Waals surface area (Å²) in [6.45, 7) is 0. The van der Waals surface area contributed by atoms with Crippen molar-refractivity contribution < 1.29 is 9.59 Å². The largest absolute Gasteiger partial charge is 0.324 e. The molecule has 23 heavy (non-hydrogen) atoms. The Bertz CT molecular complexity index is 796. The number of fused-ring (bicyclic) bond motifs is 1. The van der Waals surface area contributed by atoms with Gasteiger partial charge in [0.15, 0.2) is 0 Å². The third-order valence-electron chi connectivity index (χ3n) is 3.29. The van der Waals surface area contributed by atoms with Crippen molar-refractivity contribution >= 4 is 58.3 Å². The number of rotatable bonds is 3. The van der Waals surface area contributed by atoms with Gasteiger partial charge in [-0.1, -0.05) is 11.6 Å².